The molecule has 0 atom stereocenters. The van der Waals surface area contributed by atoms with Crippen LogP contribution in [0.4, 0.5) is 26.3 Å². The molecule has 0 spiro atoms. The Kier molecular flexibility index (Phi) is 10.5. The summed E-state index contributed by atoms with van der Waals surface area (Å²) in [6.07, 6.45) is -5.85. The van der Waals surface area contributed by atoms with Crippen LogP contribution >= 0.6 is 0 Å². The summed E-state index contributed by atoms with van der Waals surface area (Å²) in [6.45, 7) is 8.16. The third-order valence-corrected chi connectivity index (χ3v) is 2.85. The largest absolute Gasteiger partial charge is 0.456 e. The Hall–Kier alpha value is -0.604. The molecule has 0 saturated heterocycles. The van der Waals surface area contributed by atoms with E-state index < -0.39 is 38.4 Å². The van der Waals surface area contributed by atoms with Crippen LogP contribution in [0.1, 0.15) is 0 Å². The molecule has 0 fully saturated rings. The number of halogens is 6. The Balaban J connectivity index is -0.000000352. The van der Waals surface area contributed by atoms with Crippen LogP contribution in [0.3, 0.4) is 0 Å². The van der Waals surface area contributed by atoms with Crippen LogP contribution < -0.4 is 0 Å². The Morgan fingerprint density at radius 2 is 1.40 bits per heavy atom. The van der Waals surface area contributed by atoms with Crippen molar-refractivity contribution in [2.24, 2.45) is 0 Å². The minimum atomic E-state index is -5.85. The molecular formula is C10H14CuF6O2Si. The summed E-state index contributed by atoms with van der Waals surface area (Å²) in [5.74, 6) is -11.6. The molecule has 0 heterocycles. The summed E-state index contributed by atoms with van der Waals surface area (Å²) < 4.78 is 69.4. The van der Waals surface area contributed by atoms with Crippen molar-refractivity contribution < 1.29 is 53.0 Å². The van der Waals surface area contributed by atoms with Gasteiger partial charge in [-0.2, -0.15) is 22.0 Å². The van der Waals surface area contributed by atoms with Gasteiger partial charge in [-0.1, -0.05) is 19.6 Å². The normalized spacial score (nSPS) is 11.7. The summed E-state index contributed by atoms with van der Waals surface area (Å²) in [4.78, 5) is 19.7. The van der Waals surface area contributed by atoms with Gasteiger partial charge in [0.15, 0.2) is 6.67 Å². The van der Waals surface area contributed by atoms with Gasteiger partial charge in [0.1, 0.15) is 0 Å². The van der Waals surface area contributed by atoms with Gasteiger partial charge in [-0.15, -0.1) is 12.3 Å². The number of alkyl halides is 6. The molecule has 0 rings (SSSR count). The van der Waals surface area contributed by atoms with E-state index in [1.807, 2.05) is 0 Å². The van der Waals surface area contributed by atoms with Crippen LogP contribution in [0.5, 0.6) is 0 Å². The van der Waals surface area contributed by atoms with Gasteiger partial charge >= 0.3 is 17.9 Å². The van der Waals surface area contributed by atoms with Gasteiger partial charge < -0.3 is 0 Å². The molecule has 2 nitrogen and oxygen atoms in total. The van der Waals surface area contributed by atoms with Gasteiger partial charge in [-0.3, -0.25) is 9.59 Å². The predicted octanol–water partition coefficient (Wildman–Crippen LogP) is 3.34. The minimum Gasteiger partial charge on any atom is -0.289 e. The molecule has 10 heteroatoms. The summed E-state index contributed by atoms with van der Waals surface area (Å²) in [5.41, 5.74) is 2.08. The fourth-order valence-electron chi connectivity index (χ4n) is 0.389. The zero-order chi connectivity index (χ0) is 16.1. The molecular weight excluding hydrogens is 358 g/mol. The van der Waals surface area contributed by atoms with Gasteiger partial charge in [0.25, 0.3) is 0 Å². The van der Waals surface area contributed by atoms with Crippen molar-refractivity contribution >= 4 is 19.6 Å². The Morgan fingerprint density at radius 1 is 1.10 bits per heavy atom. The number of ketones is 2. The van der Waals surface area contributed by atoms with Gasteiger partial charge in [-0.25, -0.2) is 4.39 Å². The Labute approximate surface area is 124 Å². The van der Waals surface area contributed by atoms with E-state index in [1.54, 1.807) is 0 Å². The van der Waals surface area contributed by atoms with Crippen molar-refractivity contribution in [3.8, 4) is 0 Å². The van der Waals surface area contributed by atoms with Crippen LogP contribution in [0, 0.1) is 0 Å². The molecule has 0 bridgehead atoms. The first-order valence-corrected chi connectivity index (χ1v) is 8.50. The summed E-state index contributed by atoms with van der Waals surface area (Å²) >= 11 is 0. The van der Waals surface area contributed by atoms with E-state index in [0.717, 1.165) is 0 Å². The summed E-state index contributed by atoms with van der Waals surface area (Å²) in [6, 6.07) is 0. The molecule has 20 heavy (non-hydrogen) atoms. The molecule has 0 aliphatic heterocycles. The van der Waals surface area contributed by atoms with Crippen LogP contribution in [-0.4, -0.2) is 38.4 Å². The number of hydrogen-bond acceptors (Lipinski definition) is 2. The number of carbonyl (C=O) groups is 2. The molecule has 0 N–H and O–H groups in total. The topological polar surface area (TPSA) is 34.1 Å². The first-order chi connectivity index (χ1) is 8.20. The number of hydrogen-bond donors (Lipinski definition) is 0. The van der Waals surface area contributed by atoms with Gasteiger partial charge in [-0.05, 0) is 0 Å². The molecule has 0 aromatic heterocycles. The zero-order valence-corrected chi connectivity index (χ0v) is 12.8. The zero-order valence-electron chi connectivity index (χ0n) is 10.9. The van der Waals surface area contributed by atoms with Crippen molar-refractivity contribution in [3.05, 3.63) is 12.3 Å². The van der Waals surface area contributed by atoms with Crippen molar-refractivity contribution in [1.82, 2.24) is 0 Å². The smallest absolute Gasteiger partial charge is 0.289 e. The third-order valence-electron chi connectivity index (χ3n) is 1.63. The molecule has 0 aliphatic carbocycles. The Morgan fingerprint density at radius 3 is 1.55 bits per heavy atom. The molecule has 123 valence electrons. The van der Waals surface area contributed by atoms with Crippen molar-refractivity contribution in [2.45, 2.75) is 31.7 Å². The summed E-state index contributed by atoms with van der Waals surface area (Å²) in [7, 11) is -0.867. The van der Waals surface area contributed by atoms with E-state index in [4.69, 9.17) is 0 Å². The fraction of sp³-hybridized carbons (Fsp3) is 0.600. The van der Waals surface area contributed by atoms with Crippen molar-refractivity contribution in [3.63, 3.8) is 0 Å². The standard InChI is InChI=1S/C5H2F6O2.C5H12Si.Cu/c6-1-2(12)4(7,8)3(13)5(9,10)11;1-5-6(2,3)4;/h1H2;5H,1H2,2-4H3;. The van der Waals surface area contributed by atoms with Crippen LogP contribution in [0.2, 0.25) is 19.6 Å². The average Bonchev–Trinajstić information content (AvgIpc) is 2.25. The predicted molar refractivity (Wildman–Crippen MR) is 60.5 cm³/mol. The van der Waals surface area contributed by atoms with E-state index >= 15 is 0 Å². The number of rotatable bonds is 4. The molecule has 0 unspecified atom stereocenters. The second kappa shape index (κ2) is 8.63. The van der Waals surface area contributed by atoms with Gasteiger partial charge in [0, 0.05) is 17.1 Å². The minimum absolute atomic E-state index is 0. The molecule has 1 radical (unpaired) electrons. The van der Waals surface area contributed by atoms with Crippen molar-refractivity contribution in [1.29, 1.82) is 0 Å². The maximum Gasteiger partial charge on any atom is 0.456 e. The molecule has 0 aromatic carbocycles. The van der Waals surface area contributed by atoms with Crippen LogP contribution in [-0.2, 0) is 26.7 Å². The van der Waals surface area contributed by atoms with Gasteiger partial charge in [0.2, 0.25) is 5.78 Å². The number of carbonyl (C=O) groups excluding carboxylic acids is 2. The molecule has 0 amide bonds. The molecule has 0 saturated carbocycles. The van der Waals surface area contributed by atoms with Crippen LogP contribution in [0.25, 0.3) is 0 Å². The first-order valence-electron chi connectivity index (χ1n) is 4.92. The summed E-state index contributed by atoms with van der Waals surface area (Å²) in [5, 5.41) is 0. The Bertz CT molecular complexity index is 349. The quantitative estimate of drug-likeness (QED) is 0.431. The van der Waals surface area contributed by atoms with Crippen LogP contribution in [0.15, 0.2) is 12.3 Å². The maximum absolute atomic E-state index is 12.0. The maximum atomic E-state index is 12.0. The second-order valence-electron chi connectivity index (χ2n) is 4.53. The van der Waals surface area contributed by atoms with Crippen molar-refractivity contribution in [2.75, 3.05) is 6.67 Å². The first kappa shape index (κ1) is 24.4. The van der Waals surface area contributed by atoms with E-state index in [2.05, 4.69) is 31.9 Å². The molecule has 0 aliphatic rings. The van der Waals surface area contributed by atoms with E-state index in [9.17, 15) is 35.9 Å². The van der Waals surface area contributed by atoms with E-state index in [0.29, 0.717) is 0 Å². The van der Waals surface area contributed by atoms with E-state index in [-0.39, 0.29) is 17.1 Å². The fourth-order valence-corrected chi connectivity index (χ4v) is 0.389. The monoisotopic (exact) mass is 371 g/mol. The number of Topliss-reactive ketones (excluding diaryl/α,β-unsaturated/α-hetero) is 2. The van der Waals surface area contributed by atoms with Gasteiger partial charge in [0.05, 0.1) is 8.07 Å². The second-order valence-corrected chi connectivity index (χ2v) is 9.67. The third kappa shape index (κ3) is 9.32. The average molecular weight is 372 g/mol. The SMILES string of the molecule is C=C[Si](C)(C)C.O=C(CF)C(F)(F)C(=O)C(F)(F)F.[Cu]. The molecule has 0 aromatic rings. The van der Waals surface area contributed by atoms with E-state index in [1.165, 1.54) is 0 Å².